The van der Waals surface area contributed by atoms with E-state index in [2.05, 4.69) is 0 Å². The van der Waals surface area contributed by atoms with Crippen molar-refractivity contribution in [3.63, 3.8) is 0 Å². The van der Waals surface area contributed by atoms with Crippen LogP contribution in [0.4, 0.5) is 13.2 Å². The number of aliphatic hydroxyl groups is 1. The molecular weight excluding hydrogens is 279 g/mol. The van der Waals surface area contributed by atoms with E-state index in [4.69, 9.17) is 10.5 Å². The lowest BCUT2D eigenvalue weighted by molar-refractivity contribution is -0.0723. The lowest BCUT2D eigenvalue weighted by atomic mass is 9.84. The summed E-state index contributed by atoms with van der Waals surface area (Å²) in [4.78, 5) is 0.0238. The minimum atomic E-state index is -4.36. The maximum atomic E-state index is 12.3. The van der Waals surface area contributed by atoms with E-state index in [-0.39, 0.29) is 16.7 Å². The first kappa shape index (κ1) is 14.5. The van der Waals surface area contributed by atoms with E-state index in [9.17, 15) is 18.3 Å². The lowest BCUT2D eigenvalue weighted by Crippen LogP contribution is -2.52. The van der Waals surface area contributed by atoms with Crippen LogP contribution in [-0.4, -0.2) is 22.3 Å². The number of fused-ring (bicyclic) bond motifs is 1. The molecule has 0 saturated heterocycles. The fraction of sp³-hybridized carbons (Fsp3) is 0.500. The van der Waals surface area contributed by atoms with Gasteiger partial charge in [0.2, 0.25) is 0 Å². The van der Waals surface area contributed by atoms with E-state index in [1.807, 2.05) is 0 Å². The van der Waals surface area contributed by atoms with Crippen LogP contribution in [0.2, 0.25) is 0 Å². The number of thioether (sulfide) groups is 1. The van der Waals surface area contributed by atoms with Gasteiger partial charge in [0.25, 0.3) is 0 Å². The van der Waals surface area contributed by atoms with Gasteiger partial charge >= 0.3 is 5.51 Å². The maximum Gasteiger partial charge on any atom is 0.446 e. The molecule has 106 valence electrons. The highest BCUT2D eigenvalue weighted by Gasteiger charge is 2.43. The van der Waals surface area contributed by atoms with E-state index in [0.29, 0.717) is 11.3 Å². The van der Waals surface area contributed by atoms with Gasteiger partial charge in [0, 0.05) is 10.5 Å². The van der Waals surface area contributed by atoms with Crippen LogP contribution < -0.4 is 10.5 Å². The molecule has 1 unspecified atom stereocenters. The van der Waals surface area contributed by atoms with Crippen LogP contribution in [0, 0.1) is 0 Å². The van der Waals surface area contributed by atoms with Crippen molar-refractivity contribution in [3.05, 3.63) is 23.8 Å². The summed E-state index contributed by atoms with van der Waals surface area (Å²) >= 11 is -0.216. The SMILES string of the molecule is C[C@@H]1Oc2ccc(SC(F)(F)F)cc2[C@@H](N)C1(C)O. The second-order valence-electron chi connectivity index (χ2n) is 4.71. The van der Waals surface area contributed by atoms with Gasteiger partial charge in [-0.2, -0.15) is 13.2 Å². The Kier molecular flexibility index (Phi) is 3.49. The van der Waals surface area contributed by atoms with Crippen molar-refractivity contribution in [2.24, 2.45) is 5.73 Å². The van der Waals surface area contributed by atoms with Crippen LogP contribution in [0.3, 0.4) is 0 Å². The standard InChI is InChI=1S/C12H14F3NO2S/c1-6-11(2,17)10(16)8-5-7(19-12(13,14)15)3-4-9(8)18-6/h3-6,10,17H,16H2,1-2H3/t6-,10+,11?/m0/s1. The van der Waals surface area contributed by atoms with Crippen molar-refractivity contribution in [2.75, 3.05) is 0 Å². The van der Waals surface area contributed by atoms with Gasteiger partial charge < -0.3 is 15.6 Å². The third-order valence-electron chi connectivity index (χ3n) is 3.31. The van der Waals surface area contributed by atoms with Gasteiger partial charge in [0.1, 0.15) is 17.5 Å². The van der Waals surface area contributed by atoms with Gasteiger partial charge in [-0.25, -0.2) is 0 Å². The van der Waals surface area contributed by atoms with Crippen molar-refractivity contribution in [1.82, 2.24) is 0 Å². The molecule has 19 heavy (non-hydrogen) atoms. The smallest absolute Gasteiger partial charge is 0.446 e. The summed E-state index contributed by atoms with van der Waals surface area (Å²) < 4.78 is 42.5. The summed E-state index contributed by atoms with van der Waals surface area (Å²) in [5.74, 6) is 0.415. The van der Waals surface area contributed by atoms with Crippen molar-refractivity contribution < 1.29 is 23.0 Å². The molecule has 0 radical (unpaired) electrons. The third kappa shape index (κ3) is 2.82. The number of halogens is 3. The average Bonchev–Trinajstić information content (AvgIpc) is 2.26. The topological polar surface area (TPSA) is 55.5 Å². The highest BCUT2D eigenvalue weighted by atomic mass is 32.2. The molecule has 1 heterocycles. The summed E-state index contributed by atoms with van der Waals surface area (Å²) in [6.07, 6.45) is -0.531. The zero-order valence-electron chi connectivity index (χ0n) is 10.4. The first-order chi connectivity index (χ1) is 8.61. The van der Waals surface area contributed by atoms with E-state index in [0.717, 1.165) is 0 Å². The first-order valence-electron chi connectivity index (χ1n) is 5.65. The zero-order chi connectivity index (χ0) is 14.4. The highest BCUT2D eigenvalue weighted by Crippen LogP contribution is 2.43. The molecule has 0 aliphatic carbocycles. The fourth-order valence-corrected chi connectivity index (χ4v) is 2.54. The van der Waals surface area contributed by atoms with Crippen LogP contribution in [-0.2, 0) is 0 Å². The minimum absolute atomic E-state index is 0.0238. The number of nitrogens with two attached hydrogens (primary N) is 1. The molecule has 1 aliphatic rings. The van der Waals surface area contributed by atoms with E-state index in [1.54, 1.807) is 6.92 Å². The average molecular weight is 293 g/mol. The molecule has 3 nitrogen and oxygen atoms in total. The summed E-state index contributed by atoms with van der Waals surface area (Å²) in [5, 5.41) is 10.2. The van der Waals surface area contributed by atoms with Crippen molar-refractivity contribution in [2.45, 2.75) is 42.0 Å². The van der Waals surface area contributed by atoms with Crippen LogP contribution in [0.25, 0.3) is 0 Å². The molecule has 3 N–H and O–H groups in total. The number of ether oxygens (including phenoxy) is 1. The van der Waals surface area contributed by atoms with Crippen LogP contribution in [0.5, 0.6) is 5.75 Å². The Bertz CT molecular complexity index is 490. The Balaban J connectivity index is 2.38. The van der Waals surface area contributed by atoms with Gasteiger partial charge in [-0.3, -0.25) is 0 Å². The van der Waals surface area contributed by atoms with Crippen LogP contribution >= 0.6 is 11.8 Å². The second-order valence-corrected chi connectivity index (χ2v) is 5.85. The van der Waals surface area contributed by atoms with E-state index < -0.39 is 23.3 Å². The van der Waals surface area contributed by atoms with Crippen molar-refractivity contribution in [3.8, 4) is 5.75 Å². The van der Waals surface area contributed by atoms with Gasteiger partial charge in [-0.15, -0.1) is 0 Å². The largest absolute Gasteiger partial charge is 0.487 e. The molecule has 1 aromatic carbocycles. The molecule has 0 aromatic heterocycles. The summed E-state index contributed by atoms with van der Waals surface area (Å²) in [7, 11) is 0. The molecule has 2 rings (SSSR count). The second kappa shape index (κ2) is 4.57. The molecule has 7 heteroatoms. The van der Waals surface area contributed by atoms with Crippen LogP contribution in [0.15, 0.2) is 23.1 Å². The number of hydrogen-bond donors (Lipinski definition) is 2. The number of alkyl halides is 3. The maximum absolute atomic E-state index is 12.3. The molecule has 0 bridgehead atoms. The molecule has 0 spiro atoms. The molecule has 1 aromatic rings. The normalized spacial score (nSPS) is 30.7. The van der Waals surface area contributed by atoms with Gasteiger partial charge in [-0.05, 0) is 43.8 Å². The Labute approximate surface area is 112 Å². The first-order valence-corrected chi connectivity index (χ1v) is 6.47. The van der Waals surface area contributed by atoms with E-state index in [1.165, 1.54) is 25.1 Å². The Morgan fingerprint density at radius 3 is 2.63 bits per heavy atom. The fourth-order valence-electron chi connectivity index (χ4n) is 1.95. The summed E-state index contributed by atoms with van der Waals surface area (Å²) in [6, 6.07) is 3.31. The monoisotopic (exact) mass is 293 g/mol. The molecule has 3 atom stereocenters. The number of rotatable bonds is 1. The molecule has 0 fully saturated rings. The van der Waals surface area contributed by atoms with Crippen molar-refractivity contribution in [1.29, 1.82) is 0 Å². The van der Waals surface area contributed by atoms with Crippen molar-refractivity contribution >= 4 is 11.8 Å². The molecule has 0 amide bonds. The number of benzene rings is 1. The molecular formula is C12H14F3NO2S. The Morgan fingerprint density at radius 1 is 1.42 bits per heavy atom. The van der Waals surface area contributed by atoms with Gasteiger partial charge in [0.15, 0.2) is 0 Å². The highest BCUT2D eigenvalue weighted by molar-refractivity contribution is 8.00. The quantitative estimate of drug-likeness (QED) is 0.782. The minimum Gasteiger partial charge on any atom is -0.487 e. The third-order valence-corrected chi connectivity index (χ3v) is 4.03. The zero-order valence-corrected chi connectivity index (χ0v) is 11.2. The molecule has 1 aliphatic heterocycles. The van der Waals surface area contributed by atoms with Gasteiger partial charge in [0.05, 0.1) is 6.04 Å². The predicted octanol–water partition coefficient (Wildman–Crippen LogP) is 2.83. The predicted molar refractivity (Wildman–Crippen MR) is 66.0 cm³/mol. The number of hydrogen-bond acceptors (Lipinski definition) is 4. The van der Waals surface area contributed by atoms with E-state index >= 15 is 0 Å². The van der Waals surface area contributed by atoms with Gasteiger partial charge in [-0.1, -0.05) is 0 Å². The summed E-state index contributed by atoms with van der Waals surface area (Å²) in [5.41, 5.74) is 0.631. The van der Waals surface area contributed by atoms with Crippen LogP contribution in [0.1, 0.15) is 25.5 Å². The molecule has 0 saturated carbocycles. The lowest BCUT2D eigenvalue weighted by Gasteiger charge is -2.41. The Hall–Kier alpha value is -0.920. The summed E-state index contributed by atoms with van der Waals surface area (Å²) in [6.45, 7) is 3.18. The Morgan fingerprint density at radius 2 is 2.05 bits per heavy atom.